The molecule has 0 saturated carbocycles. The molecule has 2 aromatic rings. The van der Waals surface area contributed by atoms with Gasteiger partial charge in [-0.25, -0.2) is 4.39 Å². The van der Waals surface area contributed by atoms with Gasteiger partial charge in [-0.15, -0.1) is 0 Å². The zero-order valence-corrected chi connectivity index (χ0v) is 14.0. The minimum absolute atomic E-state index is 0.104. The maximum atomic E-state index is 13.8. The van der Waals surface area contributed by atoms with Crippen molar-refractivity contribution in [3.63, 3.8) is 0 Å². The predicted molar refractivity (Wildman–Crippen MR) is 93.0 cm³/mol. The van der Waals surface area contributed by atoms with Crippen molar-refractivity contribution in [2.75, 3.05) is 26.2 Å². The molecule has 0 aliphatic carbocycles. The van der Waals surface area contributed by atoms with Gasteiger partial charge < -0.3 is 0 Å². The summed E-state index contributed by atoms with van der Waals surface area (Å²) in [4.78, 5) is 4.80. The molecule has 0 amide bonds. The van der Waals surface area contributed by atoms with Gasteiger partial charge in [0.05, 0.1) is 0 Å². The Morgan fingerprint density at radius 1 is 0.870 bits per heavy atom. The average Bonchev–Trinajstić information content (AvgIpc) is 2.75. The number of rotatable bonds is 4. The molecule has 4 heteroatoms. The Morgan fingerprint density at radius 2 is 1.61 bits per heavy atom. The van der Waals surface area contributed by atoms with Crippen LogP contribution in [0.3, 0.4) is 0 Å². The zero-order valence-electron chi connectivity index (χ0n) is 13.2. The minimum Gasteiger partial charge on any atom is -0.298 e. The van der Waals surface area contributed by atoms with Gasteiger partial charge in [0.1, 0.15) is 5.82 Å². The monoisotopic (exact) mass is 332 g/mol. The summed E-state index contributed by atoms with van der Waals surface area (Å²) in [6, 6.07) is 15.1. The van der Waals surface area contributed by atoms with Crippen LogP contribution in [0.4, 0.5) is 4.39 Å². The Balaban J connectivity index is 1.56. The first kappa shape index (κ1) is 16.4. The van der Waals surface area contributed by atoms with Gasteiger partial charge in [0.2, 0.25) is 0 Å². The normalized spacial score (nSPS) is 17.1. The van der Waals surface area contributed by atoms with Crippen LogP contribution in [-0.4, -0.2) is 36.0 Å². The van der Waals surface area contributed by atoms with Crippen molar-refractivity contribution in [2.24, 2.45) is 0 Å². The van der Waals surface area contributed by atoms with E-state index in [0.717, 1.165) is 49.7 Å². The Bertz CT molecular complexity index is 647. The summed E-state index contributed by atoms with van der Waals surface area (Å²) < 4.78 is 13.8. The Morgan fingerprint density at radius 3 is 2.35 bits per heavy atom. The summed E-state index contributed by atoms with van der Waals surface area (Å²) in [6.45, 7) is 5.67. The molecule has 0 radical (unpaired) electrons. The molecule has 0 bridgehead atoms. The van der Waals surface area contributed by atoms with Gasteiger partial charge in [-0.1, -0.05) is 41.9 Å². The second-order valence-electron chi connectivity index (χ2n) is 6.13. The van der Waals surface area contributed by atoms with E-state index < -0.39 is 0 Å². The quantitative estimate of drug-likeness (QED) is 0.828. The van der Waals surface area contributed by atoms with E-state index >= 15 is 0 Å². The Kier molecular flexibility index (Phi) is 5.65. The fraction of sp³-hybridized carbons (Fsp3) is 0.368. The number of nitrogens with zero attached hydrogens (tertiary/aromatic N) is 2. The van der Waals surface area contributed by atoms with Crippen LogP contribution >= 0.6 is 11.6 Å². The molecule has 1 heterocycles. The lowest BCUT2D eigenvalue weighted by molar-refractivity contribution is 0.245. The largest absolute Gasteiger partial charge is 0.298 e. The van der Waals surface area contributed by atoms with Crippen molar-refractivity contribution in [3.05, 3.63) is 70.5 Å². The number of halogens is 2. The van der Waals surface area contributed by atoms with E-state index in [2.05, 4.69) is 15.9 Å². The van der Waals surface area contributed by atoms with Crippen molar-refractivity contribution < 1.29 is 4.39 Å². The molecule has 2 aromatic carbocycles. The van der Waals surface area contributed by atoms with Crippen LogP contribution in [0.1, 0.15) is 17.5 Å². The summed E-state index contributed by atoms with van der Waals surface area (Å²) >= 11 is 6.06. The molecule has 1 fully saturated rings. The SMILES string of the molecule is Fc1ccccc1CN1CCCN(Cc2cccc(Cl)c2)CC1. The molecule has 0 spiro atoms. The molecule has 122 valence electrons. The summed E-state index contributed by atoms with van der Waals surface area (Å²) in [5.74, 6) is -0.104. The molecule has 0 atom stereocenters. The predicted octanol–water partition coefficient (Wildman–Crippen LogP) is 4.19. The first-order chi connectivity index (χ1) is 11.2. The van der Waals surface area contributed by atoms with Crippen molar-refractivity contribution in [1.29, 1.82) is 0 Å². The van der Waals surface area contributed by atoms with Crippen LogP contribution in [0.15, 0.2) is 48.5 Å². The highest BCUT2D eigenvalue weighted by atomic mass is 35.5. The van der Waals surface area contributed by atoms with Crippen LogP contribution in [0, 0.1) is 5.82 Å². The van der Waals surface area contributed by atoms with E-state index in [4.69, 9.17) is 11.6 Å². The molecule has 0 N–H and O–H groups in total. The number of hydrogen-bond donors (Lipinski definition) is 0. The number of benzene rings is 2. The molecule has 0 aromatic heterocycles. The second kappa shape index (κ2) is 7.91. The van der Waals surface area contributed by atoms with Crippen LogP contribution in [0.25, 0.3) is 0 Å². The van der Waals surface area contributed by atoms with Gasteiger partial charge in [0.15, 0.2) is 0 Å². The minimum atomic E-state index is -0.104. The third-order valence-electron chi connectivity index (χ3n) is 4.33. The second-order valence-corrected chi connectivity index (χ2v) is 6.56. The van der Waals surface area contributed by atoms with E-state index in [-0.39, 0.29) is 5.82 Å². The molecule has 1 saturated heterocycles. The van der Waals surface area contributed by atoms with Crippen LogP contribution in [-0.2, 0) is 13.1 Å². The van der Waals surface area contributed by atoms with E-state index in [0.29, 0.717) is 6.54 Å². The van der Waals surface area contributed by atoms with Gasteiger partial charge in [0.25, 0.3) is 0 Å². The molecular formula is C19H22ClFN2. The molecule has 2 nitrogen and oxygen atoms in total. The fourth-order valence-electron chi connectivity index (χ4n) is 3.10. The zero-order chi connectivity index (χ0) is 16.1. The maximum Gasteiger partial charge on any atom is 0.127 e. The van der Waals surface area contributed by atoms with E-state index in [9.17, 15) is 4.39 Å². The van der Waals surface area contributed by atoms with Gasteiger partial charge in [0, 0.05) is 36.8 Å². The lowest BCUT2D eigenvalue weighted by Crippen LogP contribution is -2.30. The van der Waals surface area contributed by atoms with Gasteiger partial charge in [-0.3, -0.25) is 9.80 Å². The standard InChI is InChI=1S/C19H22ClFN2/c20-18-7-3-5-16(13-18)14-22-9-4-10-23(12-11-22)15-17-6-1-2-8-19(17)21/h1-3,5-8,13H,4,9-12,14-15H2. The summed E-state index contributed by atoms with van der Waals surface area (Å²) in [7, 11) is 0. The summed E-state index contributed by atoms with van der Waals surface area (Å²) in [5, 5.41) is 0.790. The Labute approximate surface area is 142 Å². The van der Waals surface area contributed by atoms with Crippen molar-refractivity contribution >= 4 is 11.6 Å². The first-order valence-electron chi connectivity index (χ1n) is 8.13. The van der Waals surface area contributed by atoms with Gasteiger partial charge in [-0.05, 0) is 43.3 Å². The highest BCUT2D eigenvalue weighted by molar-refractivity contribution is 6.30. The summed E-state index contributed by atoms with van der Waals surface area (Å²) in [5.41, 5.74) is 2.04. The van der Waals surface area contributed by atoms with E-state index in [1.807, 2.05) is 30.3 Å². The summed E-state index contributed by atoms with van der Waals surface area (Å²) in [6.07, 6.45) is 1.11. The molecule has 1 aliphatic rings. The highest BCUT2D eigenvalue weighted by Crippen LogP contribution is 2.16. The Hall–Kier alpha value is -1.42. The molecule has 1 aliphatic heterocycles. The molecule has 3 rings (SSSR count). The topological polar surface area (TPSA) is 6.48 Å². The highest BCUT2D eigenvalue weighted by Gasteiger charge is 2.16. The average molecular weight is 333 g/mol. The van der Waals surface area contributed by atoms with Crippen molar-refractivity contribution in [2.45, 2.75) is 19.5 Å². The van der Waals surface area contributed by atoms with Crippen molar-refractivity contribution in [3.8, 4) is 0 Å². The van der Waals surface area contributed by atoms with Gasteiger partial charge in [-0.2, -0.15) is 0 Å². The lowest BCUT2D eigenvalue weighted by Gasteiger charge is -2.22. The lowest BCUT2D eigenvalue weighted by atomic mass is 10.2. The van der Waals surface area contributed by atoms with Crippen LogP contribution < -0.4 is 0 Å². The van der Waals surface area contributed by atoms with Crippen LogP contribution in [0.2, 0.25) is 5.02 Å². The molecule has 0 unspecified atom stereocenters. The fourth-order valence-corrected chi connectivity index (χ4v) is 3.31. The first-order valence-corrected chi connectivity index (χ1v) is 8.51. The third-order valence-corrected chi connectivity index (χ3v) is 4.56. The van der Waals surface area contributed by atoms with Gasteiger partial charge >= 0.3 is 0 Å². The third kappa shape index (κ3) is 4.77. The molecule has 23 heavy (non-hydrogen) atoms. The number of hydrogen-bond acceptors (Lipinski definition) is 2. The van der Waals surface area contributed by atoms with Crippen LogP contribution in [0.5, 0.6) is 0 Å². The molecular weight excluding hydrogens is 311 g/mol. The van der Waals surface area contributed by atoms with Crippen molar-refractivity contribution in [1.82, 2.24) is 9.80 Å². The smallest absolute Gasteiger partial charge is 0.127 e. The maximum absolute atomic E-state index is 13.8. The van der Waals surface area contributed by atoms with E-state index in [1.54, 1.807) is 12.1 Å². The van der Waals surface area contributed by atoms with E-state index in [1.165, 1.54) is 5.56 Å².